The highest BCUT2D eigenvalue weighted by molar-refractivity contribution is 7.12. The van der Waals surface area contributed by atoms with E-state index in [4.69, 9.17) is 11.6 Å². The third kappa shape index (κ3) is 2.45. The molecule has 3 heterocycles. The zero-order chi connectivity index (χ0) is 13.2. The quantitative estimate of drug-likeness (QED) is 0.795. The molecule has 3 nitrogen and oxygen atoms in total. The van der Waals surface area contributed by atoms with Crippen molar-refractivity contribution in [3.8, 4) is 0 Å². The fraction of sp³-hybridized carbons (Fsp3) is 0.231. The molecule has 0 N–H and O–H groups in total. The first kappa shape index (κ1) is 12.8. The standard InChI is InChI=1S/C13H11ClN2OS2/c14-8-13(17)16-10(12-4-2-6-19-12)7-9(15-16)11-3-1-5-18-11/h1-6,10H,7-8H2/t10-/m0/s1. The molecule has 0 fully saturated rings. The summed E-state index contributed by atoms with van der Waals surface area (Å²) in [5, 5.41) is 10.0. The van der Waals surface area contributed by atoms with Gasteiger partial charge in [-0.25, -0.2) is 5.01 Å². The monoisotopic (exact) mass is 310 g/mol. The molecule has 6 heteroatoms. The van der Waals surface area contributed by atoms with Gasteiger partial charge in [-0.05, 0) is 22.9 Å². The SMILES string of the molecule is O=C(CCl)N1N=C(c2cccs2)C[C@H]1c1cccs1. The summed E-state index contributed by atoms with van der Waals surface area (Å²) in [4.78, 5) is 14.2. The van der Waals surface area contributed by atoms with Gasteiger partial charge in [-0.15, -0.1) is 34.3 Å². The van der Waals surface area contributed by atoms with Gasteiger partial charge in [0.25, 0.3) is 5.91 Å². The summed E-state index contributed by atoms with van der Waals surface area (Å²) in [6.07, 6.45) is 0.754. The lowest BCUT2D eigenvalue weighted by atomic mass is 10.1. The van der Waals surface area contributed by atoms with Crippen LogP contribution in [-0.4, -0.2) is 22.5 Å². The molecular formula is C13H11ClN2OS2. The Morgan fingerprint density at radius 3 is 2.79 bits per heavy atom. The van der Waals surface area contributed by atoms with E-state index in [0.29, 0.717) is 0 Å². The van der Waals surface area contributed by atoms with E-state index in [1.165, 1.54) is 5.01 Å². The van der Waals surface area contributed by atoms with Gasteiger partial charge in [-0.1, -0.05) is 12.1 Å². The summed E-state index contributed by atoms with van der Waals surface area (Å²) >= 11 is 8.96. The molecule has 1 amide bonds. The van der Waals surface area contributed by atoms with Gasteiger partial charge in [-0.2, -0.15) is 5.10 Å². The minimum atomic E-state index is -0.147. The summed E-state index contributed by atoms with van der Waals surface area (Å²) in [6.45, 7) is 0. The molecule has 0 aromatic carbocycles. The first-order chi connectivity index (χ1) is 9.29. The number of hydrazone groups is 1. The second-order valence-electron chi connectivity index (χ2n) is 4.13. The number of hydrogen-bond donors (Lipinski definition) is 0. The van der Waals surface area contributed by atoms with Gasteiger partial charge in [0.2, 0.25) is 0 Å². The number of hydrogen-bond acceptors (Lipinski definition) is 4. The number of alkyl halides is 1. The molecule has 2 aromatic rings. The van der Waals surface area contributed by atoms with Crippen LogP contribution in [0.2, 0.25) is 0 Å². The largest absolute Gasteiger partial charge is 0.272 e. The molecule has 1 aliphatic rings. The van der Waals surface area contributed by atoms with Crippen LogP contribution in [0.1, 0.15) is 22.2 Å². The maximum Gasteiger partial charge on any atom is 0.258 e. The fourth-order valence-electron chi connectivity index (χ4n) is 2.10. The highest BCUT2D eigenvalue weighted by atomic mass is 35.5. The molecule has 0 radical (unpaired) electrons. The highest BCUT2D eigenvalue weighted by Gasteiger charge is 2.33. The number of carbonyl (C=O) groups is 1. The van der Waals surface area contributed by atoms with Crippen LogP contribution in [0.15, 0.2) is 40.1 Å². The zero-order valence-corrected chi connectivity index (χ0v) is 12.3. The van der Waals surface area contributed by atoms with Crippen molar-refractivity contribution in [2.45, 2.75) is 12.5 Å². The Hall–Kier alpha value is -1.17. The maximum atomic E-state index is 11.9. The van der Waals surface area contributed by atoms with Gasteiger partial charge in [0.05, 0.1) is 16.6 Å². The Morgan fingerprint density at radius 2 is 2.16 bits per heavy atom. The lowest BCUT2D eigenvalue weighted by molar-refractivity contribution is -0.130. The Kier molecular flexibility index (Phi) is 3.68. The lowest BCUT2D eigenvalue weighted by Crippen LogP contribution is -2.27. The molecular weight excluding hydrogens is 300 g/mol. The minimum absolute atomic E-state index is 0.0108. The van der Waals surface area contributed by atoms with Crippen LogP contribution in [0, 0.1) is 0 Å². The van der Waals surface area contributed by atoms with Crippen molar-refractivity contribution < 1.29 is 4.79 Å². The molecule has 0 bridgehead atoms. The van der Waals surface area contributed by atoms with E-state index in [1.807, 2.05) is 35.0 Å². The van der Waals surface area contributed by atoms with Crippen LogP contribution in [0.25, 0.3) is 0 Å². The first-order valence-electron chi connectivity index (χ1n) is 5.82. The fourth-order valence-corrected chi connectivity index (χ4v) is 3.75. The van der Waals surface area contributed by atoms with Crippen molar-refractivity contribution in [2.24, 2.45) is 5.10 Å². The number of rotatable bonds is 3. The molecule has 3 rings (SSSR count). The number of carbonyl (C=O) groups excluding carboxylic acids is 1. The molecule has 1 aliphatic heterocycles. The van der Waals surface area contributed by atoms with Crippen LogP contribution < -0.4 is 0 Å². The summed E-state index contributed by atoms with van der Waals surface area (Å²) in [7, 11) is 0. The summed E-state index contributed by atoms with van der Waals surface area (Å²) < 4.78 is 0. The lowest BCUT2D eigenvalue weighted by Gasteiger charge is -2.19. The van der Waals surface area contributed by atoms with Gasteiger partial charge in [0, 0.05) is 11.3 Å². The third-order valence-corrected chi connectivity index (χ3v) is 5.08. The molecule has 0 aliphatic carbocycles. The Bertz CT molecular complexity index is 592. The molecule has 2 aromatic heterocycles. The average molecular weight is 311 g/mol. The van der Waals surface area contributed by atoms with Gasteiger partial charge in [0.15, 0.2) is 0 Å². The average Bonchev–Trinajstić information content (AvgIpc) is 3.14. The summed E-state index contributed by atoms with van der Waals surface area (Å²) in [5.41, 5.74) is 0.965. The molecule has 1 atom stereocenters. The predicted molar refractivity (Wildman–Crippen MR) is 80.1 cm³/mol. The zero-order valence-electron chi connectivity index (χ0n) is 9.95. The Balaban J connectivity index is 1.93. The van der Waals surface area contributed by atoms with Crippen LogP contribution in [-0.2, 0) is 4.79 Å². The molecule has 19 heavy (non-hydrogen) atoms. The van der Waals surface area contributed by atoms with Crippen molar-refractivity contribution in [3.05, 3.63) is 44.8 Å². The van der Waals surface area contributed by atoms with Crippen LogP contribution in [0.5, 0.6) is 0 Å². The van der Waals surface area contributed by atoms with Crippen molar-refractivity contribution in [3.63, 3.8) is 0 Å². The van der Waals surface area contributed by atoms with Crippen LogP contribution >= 0.6 is 34.3 Å². The second-order valence-corrected chi connectivity index (χ2v) is 6.33. The number of amides is 1. The maximum absolute atomic E-state index is 11.9. The number of halogens is 1. The molecule has 0 unspecified atom stereocenters. The van der Waals surface area contributed by atoms with E-state index in [9.17, 15) is 4.79 Å². The van der Waals surface area contributed by atoms with E-state index in [2.05, 4.69) is 5.10 Å². The van der Waals surface area contributed by atoms with E-state index >= 15 is 0 Å². The predicted octanol–water partition coefficient (Wildman–Crippen LogP) is 3.73. The van der Waals surface area contributed by atoms with Crippen molar-refractivity contribution in [1.82, 2.24) is 5.01 Å². The molecule has 0 saturated carbocycles. The minimum Gasteiger partial charge on any atom is -0.272 e. The van der Waals surface area contributed by atoms with E-state index in [1.54, 1.807) is 22.7 Å². The van der Waals surface area contributed by atoms with Gasteiger partial charge >= 0.3 is 0 Å². The van der Waals surface area contributed by atoms with E-state index in [-0.39, 0.29) is 17.8 Å². The molecule has 0 spiro atoms. The van der Waals surface area contributed by atoms with Crippen molar-refractivity contribution >= 4 is 45.9 Å². The van der Waals surface area contributed by atoms with E-state index < -0.39 is 0 Å². The molecule has 98 valence electrons. The summed E-state index contributed by atoms with van der Waals surface area (Å²) in [6, 6.07) is 8.05. The summed E-state index contributed by atoms with van der Waals surface area (Å²) in [5.74, 6) is -0.185. The molecule has 0 saturated heterocycles. The second kappa shape index (κ2) is 5.45. The Labute approximate surface area is 124 Å². The number of thiophene rings is 2. The van der Waals surface area contributed by atoms with Crippen molar-refractivity contribution in [1.29, 1.82) is 0 Å². The third-order valence-electron chi connectivity index (χ3n) is 2.96. The van der Waals surface area contributed by atoms with Gasteiger partial charge in [-0.3, -0.25) is 4.79 Å². The van der Waals surface area contributed by atoms with Crippen molar-refractivity contribution in [2.75, 3.05) is 5.88 Å². The van der Waals surface area contributed by atoms with Gasteiger partial charge in [0.1, 0.15) is 5.88 Å². The topological polar surface area (TPSA) is 32.7 Å². The number of nitrogens with zero attached hydrogens (tertiary/aromatic N) is 2. The van der Waals surface area contributed by atoms with E-state index in [0.717, 1.165) is 21.9 Å². The van der Waals surface area contributed by atoms with Gasteiger partial charge < -0.3 is 0 Å². The first-order valence-corrected chi connectivity index (χ1v) is 8.11. The van der Waals surface area contributed by atoms with Crippen LogP contribution in [0.4, 0.5) is 0 Å². The highest BCUT2D eigenvalue weighted by Crippen LogP contribution is 2.35. The van der Waals surface area contributed by atoms with Crippen LogP contribution in [0.3, 0.4) is 0 Å². The normalized spacial score (nSPS) is 18.7. The Morgan fingerprint density at radius 1 is 1.37 bits per heavy atom. The smallest absolute Gasteiger partial charge is 0.258 e.